The maximum atomic E-state index is 5.50. The largest absolute Gasteiger partial charge is 0.375 e. The van der Waals surface area contributed by atoms with Crippen LogP contribution in [0.5, 0.6) is 0 Å². The Kier molecular flexibility index (Phi) is 2.46. The molecule has 0 bridgehead atoms. The summed E-state index contributed by atoms with van der Waals surface area (Å²) in [5, 5.41) is 4.35. The summed E-state index contributed by atoms with van der Waals surface area (Å²) in [6.45, 7) is 6.86. The van der Waals surface area contributed by atoms with Gasteiger partial charge in [0.25, 0.3) is 0 Å². The number of rotatable bonds is 1. The number of ether oxygens (including phenoxy) is 1. The Balaban J connectivity index is 2.17. The lowest BCUT2D eigenvalue weighted by Gasteiger charge is -2.32. The number of aromatic nitrogens is 2. The summed E-state index contributed by atoms with van der Waals surface area (Å²) >= 11 is 0. The first-order chi connectivity index (χ1) is 6.66. The van der Waals surface area contributed by atoms with Gasteiger partial charge < -0.3 is 9.64 Å². The van der Waals surface area contributed by atoms with Crippen molar-refractivity contribution < 1.29 is 4.74 Å². The van der Waals surface area contributed by atoms with Gasteiger partial charge in [0.05, 0.1) is 18.4 Å². The maximum absolute atomic E-state index is 5.50. The van der Waals surface area contributed by atoms with Crippen LogP contribution in [0.25, 0.3) is 0 Å². The van der Waals surface area contributed by atoms with E-state index >= 15 is 0 Å². The molecule has 0 aromatic carbocycles. The molecule has 1 atom stereocenters. The molecular weight excluding hydrogens is 178 g/mol. The number of morpholine rings is 1. The van der Waals surface area contributed by atoms with Crippen molar-refractivity contribution in [3.63, 3.8) is 0 Å². The van der Waals surface area contributed by atoms with Crippen molar-refractivity contribution in [2.24, 2.45) is 7.05 Å². The SMILES string of the molecule is Cc1cc(N2CCOC(C)C2)n(C)n1. The first-order valence-corrected chi connectivity index (χ1v) is 5.04. The Bertz CT molecular complexity index is 321. The zero-order valence-corrected chi connectivity index (χ0v) is 9.03. The summed E-state index contributed by atoms with van der Waals surface area (Å²) in [5.41, 5.74) is 1.07. The summed E-state index contributed by atoms with van der Waals surface area (Å²) in [7, 11) is 1.99. The molecule has 4 nitrogen and oxygen atoms in total. The molecule has 0 saturated carbocycles. The second kappa shape index (κ2) is 3.61. The Labute approximate surface area is 84.5 Å². The van der Waals surface area contributed by atoms with Gasteiger partial charge in [0.2, 0.25) is 0 Å². The molecule has 0 amide bonds. The summed E-state index contributed by atoms with van der Waals surface area (Å²) in [6, 6.07) is 2.12. The standard InChI is InChI=1S/C10H17N3O/c1-8-6-10(12(3)11-8)13-4-5-14-9(2)7-13/h6,9H,4-5,7H2,1-3H3. The molecule has 0 aliphatic carbocycles. The van der Waals surface area contributed by atoms with Crippen LogP contribution in [0.15, 0.2) is 6.07 Å². The van der Waals surface area contributed by atoms with Crippen LogP contribution in [0.2, 0.25) is 0 Å². The van der Waals surface area contributed by atoms with E-state index in [1.54, 1.807) is 0 Å². The molecule has 2 heterocycles. The molecule has 1 aliphatic heterocycles. The maximum Gasteiger partial charge on any atom is 0.126 e. The van der Waals surface area contributed by atoms with E-state index in [0.29, 0.717) is 6.10 Å². The van der Waals surface area contributed by atoms with Crippen molar-refractivity contribution in [1.82, 2.24) is 9.78 Å². The predicted molar refractivity (Wildman–Crippen MR) is 55.6 cm³/mol. The first kappa shape index (κ1) is 9.52. The highest BCUT2D eigenvalue weighted by molar-refractivity contribution is 5.41. The molecule has 1 fully saturated rings. The minimum absolute atomic E-state index is 0.318. The fourth-order valence-corrected chi connectivity index (χ4v) is 1.92. The van der Waals surface area contributed by atoms with Gasteiger partial charge in [-0.15, -0.1) is 0 Å². The Morgan fingerprint density at radius 3 is 2.93 bits per heavy atom. The van der Waals surface area contributed by atoms with Gasteiger partial charge in [-0.3, -0.25) is 4.68 Å². The van der Waals surface area contributed by atoms with E-state index in [2.05, 4.69) is 23.0 Å². The molecule has 0 spiro atoms. The molecule has 1 unspecified atom stereocenters. The third-order valence-corrected chi connectivity index (χ3v) is 2.54. The van der Waals surface area contributed by atoms with Gasteiger partial charge in [-0.05, 0) is 13.8 Å². The van der Waals surface area contributed by atoms with Crippen LogP contribution in [0.3, 0.4) is 0 Å². The van der Waals surface area contributed by atoms with E-state index in [1.807, 2.05) is 18.7 Å². The number of aryl methyl sites for hydroxylation is 2. The monoisotopic (exact) mass is 195 g/mol. The minimum atomic E-state index is 0.318. The van der Waals surface area contributed by atoms with Crippen LogP contribution in [0, 0.1) is 6.92 Å². The fourth-order valence-electron chi connectivity index (χ4n) is 1.92. The number of nitrogens with zero attached hydrogens (tertiary/aromatic N) is 3. The minimum Gasteiger partial charge on any atom is -0.375 e. The van der Waals surface area contributed by atoms with Crippen molar-refractivity contribution in [3.8, 4) is 0 Å². The second-order valence-electron chi connectivity index (χ2n) is 3.89. The van der Waals surface area contributed by atoms with Gasteiger partial charge in [-0.25, -0.2) is 0 Å². The average molecular weight is 195 g/mol. The molecule has 1 aliphatic rings. The molecule has 14 heavy (non-hydrogen) atoms. The number of anilines is 1. The molecular formula is C10H17N3O. The van der Waals surface area contributed by atoms with Crippen LogP contribution >= 0.6 is 0 Å². The quantitative estimate of drug-likeness (QED) is 0.668. The Hall–Kier alpha value is -1.03. The summed E-state index contributed by atoms with van der Waals surface area (Å²) in [4.78, 5) is 2.33. The van der Waals surface area contributed by atoms with Crippen LogP contribution in [0.1, 0.15) is 12.6 Å². The summed E-state index contributed by atoms with van der Waals surface area (Å²) in [5.74, 6) is 1.19. The molecule has 1 saturated heterocycles. The van der Waals surface area contributed by atoms with Crippen molar-refractivity contribution in [2.45, 2.75) is 20.0 Å². The third-order valence-electron chi connectivity index (χ3n) is 2.54. The molecule has 1 aromatic heterocycles. The zero-order chi connectivity index (χ0) is 10.1. The molecule has 78 valence electrons. The fraction of sp³-hybridized carbons (Fsp3) is 0.700. The Morgan fingerprint density at radius 2 is 2.36 bits per heavy atom. The highest BCUT2D eigenvalue weighted by Crippen LogP contribution is 2.17. The summed E-state index contributed by atoms with van der Waals surface area (Å²) < 4.78 is 7.44. The topological polar surface area (TPSA) is 30.3 Å². The van der Waals surface area contributed by atoms with Crippen molar-refractivity contribution in [3.05, 3.63) is 11.8 Å². The van der Waals surface area contributed by atoms with Crippen molar-refractivity contribution >= 4 is 5.82 Å². The predicted octanol–water partition coefficient (Wildman–Crippen LogP) is 0.954. The van der Waals surface area contributed by atoms with Gasteiger partial charge in [-0.1, -0.05) is 0 Å². The highest BCUT2D eigenvalue weighted by atomic mass is 16.5. The zero-order valence-electron chi connectivity index (χ0n) is 9.03. The van der Waals surface area contributed by atoms with Crippen molar-refractivity contribution in [2.75, 3.05) is 24.6 Å². The van der Waals surface area contributed by atoms with Gasteiger partial charge >= 0.3 is 0 Å². The van der Waals surface area contributed by atoms with Crippen LogP contribution in [-0.2, 0) is 11.8 Å². The van der Waals surface area contributed by atoms with E-state index in [0.717, 1.165) is 25.4 Å². The average Bonchev–Trinajstić information content (AvgIpc) is 2.45. The molecule has 0 N–H and O–H groups in total. The van der Waals surface area contributed by atoms with Crippen LogP contribution in [-0.4, -0.2) is 35.6 Å². The number of hydrogen-bond donors (Lipinski definition) is 0. The normalized spacial score (nSPS) is 22.8. The number of hydrogen-bond acceptors (Lipinski definition) is 3. The van der Waals surface area contributed by atoms with Crippen LogP contribution < -0.4 is 4.90 Å². The second-order valence-corrected chi connectivity index (χ2v) is 3.89. The molecule has 4 heteroatoms. The lowest BCUT2D eigenvalue weighted by molar-refractivity contribution is 0.0527. The van der Waals surface area contributed by atoms with E-state index in [4.69, 9.17) is 4.74 Å². The van der Waals surface area contributed by atoms with Gasteiger partial charge in [0.15, 0.2) is 0 Å². The molecule has 0 radical (unpaired) electrons. The van der Waals surface area contributed by atoms with Crippen LogP contribution in [0.4, 0.5) is 5.82 Å². The Morgan fingerprint density at radius 1 is 1.57 bits per heavy atom. The van der Waals surface area contributed by atoms with Crippen molar-refractivity contribution in [1.29, 1.82) is 0 Å². The smallest absolute Gasteiger partial charge is 0.126 e. The van der Waals surface area contributed by atoms with Gasteiger partial charge in [0, 0.05) is 26.2 Å². The lowest BCUT2D eigenvalue weighted by Crippen LogP contribution is -2.41. The molecule has 1 aromatic rings. The van der Waals surface area contributed by atoms with E-state index < -0.39 is 0 Å². The lowest BCUT2D eigenvalue weighted by atomic mass is 10.3. The summed E-state index contributed by atoms with van der Waals surface area (Å²) in [6.07, 6.45) is 0.318. The molecule has 2 rings (SSSR count). The first-order valence-electron chi connectivity index (χ1n) is 5.04. The van der Waals surface area contributed by atoms with Gasteiger partial charge in [0.1, 0.15) is 5.82 Å². The third kappa shape index (κ3) is 1.75. The van der Waals surface area contributed by atoms with E-state index in [1.165, 1.54) is 5.82 Å². The van der Waals surface area contributed by atoms with E-state index in [9.17, 15) is 0 Å². The van der Waals surface area contributed by atoms with Gasteiger partial charge in [-0.2, -0.15) is 5.10 Å². The van der Waals surface area contributed by atoms with E-state index in [-0.39, 0.29) is 0 Å². The highest BCUT2D eigenvalue weighted by Gasteiger charge is 2.19.